The van der Waals surface area contributed by atoms with E-state index in [9.17, 15) is 4.79 Å². The minimum absolute atomic E-state index is 0.260. The molecule has 2 atom stereocenters. The fourth-order valence-corrected chi connectivity index (χ4v) is 2.26. The number of rotatable bonds is 6. The van der Waals surface area contributed by atoms with Gasteiger partial charge in [-0.25, -0.2) is 0 Å². The second-order valence-corrected chi connectivity index (χ2v) is 5.04. The van der Waals surface area contributed by atoms with Crippen LogP contribution in [0, 0.1) is 0 Å². The van der Waals surface area contributed by atoms with Gasteiger partial charge in [-0.3, -0.25) is 9.69 Å². The molecule has 2 unspecified atom stereocenters. The maximum atomic E-state index is 11.4. The molecule has 1 rings (SSSR count). The van der Waals surface area contributed by atoms with E-state index in [2.05, 4.69) is 10.2 Å². The summed E-state index contributed by atoms with van der Waals surface area (Å²) < 4.78 is 5.37. The molecule has 0 saturated carbocycles. The Morgan fingerprint density at radius 2 is 2.29 bits per heavy atom. The minimum Gasteiger partial charge on any atom is -0.380 e. The molecule has 0 aromatic rings. The number of ether oxygens (including phenoxy) is 1. The third kappa shape index (κ3) is 5.02. The summed E-state index contributed by atoms with van der Waals surface area (Å²) in [6.45, 7) is 6.62. The topological polar surface area (TPSA) is 67.6 Å². The number of nitrogens with two attached hydrogens (primary N) is 1. The van der Waals surface area contributed by atoms with E-state index in [4.69, 9.17) is 10.5 Å². The Morgan fingerprint density at radius 3 is 2.82 bits per heavy atom. The number of nitrogens with zero attached hydrogens (tertiary/aromatic N) is 1. The van der Waals surface area contributed by atoms with Crippen molar-refractivity contribution in [2.24, 2.45) is 5.73 Å². The smallest absolute Gasteiger partial charge is 0.235 e. The molecule has 5 nitrogen and oxygen atoms in total. The molecule has 5 heteroatoms. The SMILES string of the molecule is COC1CCCN(CC(NC(C)C)C(N)=O)C1. The van der Waals surface area contributed by atoms with Gasteiger partial charge in [0.15, 0.2) is 0 Å². The number of hydrogen-bond donors (Lipinski definition) is 2. The Balaban J connectivity index is 2.45. The summed E-state index contributed by atoms with van der Waals surface area (Å²) in [6.07, 6.45) is 2.51. The van der Waals surface area contributed by atoms with E-state index < -0.39 is 0 Å². The van der Waals surface area contributed by atoms with Crippen LogP contribution in [0.3, 0.4) is 0 Å². The van der Waals surface area contributed by atoms with E-state index in [1.165, 1.54) is 0 Å². The molecule has 1 fully saturated rings. The lowest BCUT2D eigenvalue weighted by atomic mass is 10.1. The van der Waals surface area contributed by atoms with Crippen molar-refractivity contribution < 1.29 is 9.53 Å². The highest BCUT2D eigenvalue weighted by molar-refractivity contribution is 5.80. The molecular formula is C12H25N3O2. The molecule has 1 aliphatic heterocycles. The number of carbonyl (C=O) groups excluding carboxylic acids is 1. The molecule has 100 valence electrons. The van der Waals surface area contributed by atoms with E-state index in [1.807, 2.05) is 13.8 Å². The van der Waals surface area contributed by atoms with Gasteiger partial charge in [0.05, 0.1) is 12.1 Å². The normalized spacial score (nSPS) is 23.9. The molecule has 0 spiro atoms. The van der Waals surface area contributed by atoms with Crippen molar-refractivity contribution in [1.82, 2.24) is 10.2 Å². The second kappa shape index (κ2) is 6.93. The summed E-state index contributed by atoms with van der Waals surface area (Å²) >= 11 is 0. The average Bonchev–Trinajstić information content (AvgIpc) is 2.27. The van der Waals surface area contributed by atoms with Gasteiger partial charge in [-0.1, -0.05) is 13.8 Å². The maximum absolute atomic E-state index is 11.4. The first kappa shape index (κ1) is 14.4. The van der Waals surface area contributed by atoms with Crippen LogP contribution in [0.4, 0.5) is 0 Å². The largest absolute Gasteiger partial charge is 0.380 e. The number of carbonyl (C=O) groups is 1. The van der Waals surface area contributed by atoms with E-state index in [1.54, 1.807) is 7.11 Å². The standard InChI is InChI=1S/C12H25N3O2/c1-9(2)14-11(12(13)16)8-15-6-4-5-10(7-15)17-3/h9-11,14H,4-8H2,1-3H3,(H2,13,16). The van der Waals surface area contributed by atoms with Crippen molar-refractivity contribution in [1.29, 1.82) is 0 Å². The van der Waals surface area contributed by atoms with Crippen LogP contribution in [0.1, 0.15) is 26.7 Å². The highest BCUT2D eigenvalue weighted by Gasteiger charge is 2.24. The molecule has 0 aliphatic carbocycles. The summed E-state index contributed by atoms with van der Waals surface area (Å²) in [7, 11) is 1.74. The zero-order valence-corrected chi connectivity index (χ0v) is 11.1. The second-order valence-electron chi connectivity index (χ2n) is 5.04. The monoisotopic (exact) mass is 243 g/mol. The van der Waals surface area contributed by atoms with Gasteiger partial charge < -0.3 is 15.8 Å². The van der Waals surface area contributed by atoms with E-state index in [0.717, 1.165) is 25.9 Å². The Bertz CT molecular complexity index is 246. The molecule has 1 aliphatic rings. The van der Waals surface area contributed by atoms with Crippen LogP contribution < -0.4 is 11.1 Å². The number of piperidine rings is 1. The van der Waals surface area contributed by atoms with Crippen molar-refractivity contribution in [2.45, 2.75) is 44.9 Å². The van der Waals surface area contributed by atoms with Crippen molar-refractivity contribution in [3.05, 3.63) is 0 Å². The highest BCUT2D eigenvalue weighted by Crippen LogP contribution is 2.12. The van der Waals surface area contributed by atoms with E-state index >= 15 is 0 Å². The Labute approximate surface area is 104 Å². The zero-order valence-electron chi connectivity index (χ0n) is 11.1. The first-order chi connectivity index (χ1) is 8.02. The van der Waals surface area contributed by atoms with Crippen LogP contribution in [0.25, 0.3) is 0 Å². The summed E-state index contributed by atoms with van der Waals surface area (Å²) in [6, 6.07) is -0.0129. The molecule has 17 heavy (non-hydrogen) atoms. The number of primary amides is 1. The summed E-state index contributed by atoms with van der Waals surface area (Å²) in [4.78, 5) is 13.6. The quantitative estimate of drug-likeness (QED) is 0.686. The molecule has 0 radical (unpaired) electrons. The van der Waals surface area contributed by atoms with Crippen LogP contribution in [0.5, 0.6) is 0 Å². The van der Waals surface area contributed by atoms with Crippen LogP contribution in [0.2, 0.25) is 0 Å². The Kier molecular flexibility index (Phi) is 5.88. The van der Waals surface area contributed by atoms with Crippen LogP contribution in [-0.2, 0) is 9.53 Å². The molecule has 1 saturated heterocycles. The molecule has 0 aromatic carbocycles. The Hall–Kier alpha value is -0.650. The first-order valence-corrected chi connectivity index (χ1v) is 6.33. The van der Waals surface area contributed by atoms with Crippen molar-refractivity contribution >= 4 is 5.91 Å². The number of amides is 1. The molecule has 1 amide bonds. The average molecular weight is 243 g/mol. The minimum atomic E-state index is -0.279. The molecule has 1 heterocycles. The van der Waals surface area contributed by atoms with Gasteiger partial charge in [0.1, 0.15) is 0 Å². The zero-order chi connectivity index (χ0) is 12.8. The third-order valence-electron chi connectivity index (χ3n) is 3.11. The number of likely N-dealkylation sites (tertiary alicyclic amines) is 1. The highest BCUT2D eigenvalue weighted by atomic mass is 16.5. The van der Waals surface area contributed by atoms with Crippen molar-refractivity contribution in [2.75, 3.05) is 26.7 Å². The van der Waals surface area contributed by atoms with Gasteiger partial charge in [-0.15, -0.1) is 0 Å². The number of hydrogen-bond acceptors (Lipinski definition) is 4. The van der Waals surface area contributed by atoms with Crippen LogP contribution >= 0.6 is 0 Å². The number of nitrogens with one attached hydrogen (secondary N) is 1. The third-order valence-corrected chi connectivity index (χ3v) is 3.11. The van der Waals surface area contributed by atoms with Gasteiger partial charge in [-0.05, 0) is 19.4 Å². The van der Waals surface area contributed by atoms with Crippen LogP contribution in [-0.4, -0.2) is 55.7 Å². The van der Waals surface area contributed by atoms with Gasteiger partial charge in [0, 0.05) is 26.2 Å². The summed E-state index contributed by atoms with van der Waals surface area (Å²) in [5, 5.41) is 3.20. The fraction of sp³-hybridized carbons (Fsp3) is 0.917. The van der Waals surface area contributed by atoms with E-state index in [-0.39, 0.29) is 24.1 Å². The van der Waals surface area contributed by atoms with Gasteiger partial charge in [0.25, 0.3) is 0 Å². The predicted molar refractivity (Wildman–Crippen MR) is 67.7 cm³/mol. The van der Waals surface area contributed by atoms with Crippen LogP contribution in [0.15, 0.2) is 0 Å². The van der Waals surface area contributed by atoms with Gasteiger partial charge in [-0.2, -0.15) is 0 Å². The van der Waals surface area contributed by atoms with Crippen molar-refractivity contribution in [3.63, 3.8) is 0 Å². The molecular weight excluding hydrogens is 218 g/mol. The fourth-order valence-electron chi connectivity index (χ4n) is 2.26. The summed E-state index contributed by atoms with van der Waals surface area (Å²) in [5.74, 6) is -0.279. The summed E-state index contributed by atoms with van der Waals surface area (Å²) in [5.41, 5.74) is 5.41. The van der Waals surface area contributed by atoms with Gasteiger partial charge in [0.2, 0.25) is 5.91 Å². The molecule has 3 N–H and O–H groups in total. The molecule has 0 bridgehead atoms. The predicted octanol–water partition coefficient (Wildman–Crippen LogP) is -0.0509. The van der Waals surface area contributed by atoms with Gasteiger partial charge >= 0.3 is 0 Å². The first-order valence-electron chi connectivity index (χ1n) is 6.33. The van der Waals surface area contributed by atoms with E-state index in [0.29, 0.717) is 6.54 Å². The number of methoxy groups -OCH3 is 1. The Morgan fingerprint density at radius 1 is 1.59 bits per heavy atom. The van der Waals surface area contributed by atoms with Crippen molar-refractivity contribution in [3.8, 4) is 0 Å². The molecule has 0 aromatic heterocycles. The lowest BCUT2D eigenvalue weighted by Crippen LogP contribution is -2.53. The maximum Gasteiger partial charge on any atom is 0.235 e. The lowest BCUT2D eigenvalue weighted by molar-refractivity contribution is -0.121. The lowest BCUT2D eigenvalue weighted by Gasteiger charge is -2.34.